The van der Waals surface area contributed by atoms with E-state index in [1.54, 1.807) is 0 Å². The molecule has 6 nitrogen and oxygen atoms in total. The molecule has 0 spiro atoms. The number of carbonyl (C=O) groups is 3. The summed E-state index contributed by atoms with van der Waals surface area (Å²) >= 11 is 0. The Morgan fingerprint density at radius 2 is 1.69 bits per heavy atom. The molecule has 0 aromatic carbocycles. The van der Waals surface area contributed by atoms with Gasteiger partial charge in [-0.25, -0.2) is 4.79 Å². The lowest BCUT2D eigenvalue weighted by molar-refractivity contribution is -0.146. The molecular weight excluding hydrogens is 180 g/mol. The standard InChI is InChI=1S/C7H8O6/c8-5(9)2-1-4(7(12)13)3-6(10)11/h1-2,4H,3H2,(H,8,9)(H,10,11)(H,12,13). The highest BCUT2D eigenvalue weighted by atomic mass is 16.4. The lowest BCUT2D eigenvalue weighted by atomic mass is 10.1. The summed E-state index contributed by atoms with van der Waals surface area (Å²) < 4.78 is 0. The summed E-state index contributed by atoms with van der Waals surface area (Å²) in [5.41, 5.74) is 0. The van der Waals surface area contributed by atoms with Crippen molar-refractivity contribution in [2.45, 2.75) is 6.42 Å². The van der Waals surface area contributed by atoms with E-state index in [2.05, 4.69) is 0 Å². The SMILES string of the molecule is O=C(O)C=CC(CC(=O)O)C(=O)O. The van der Waals surface area contributed by atoms with E-state index in [0.717, 1.165) is 6.08 Å². The van der Waals surface area contributed by atoms with Crippen LogP contribution in [0.5, 0.6) is 0 Å². The molecule has 0 saturated heterocycles. The van der Waals surface area contributed by atoms with Crippen LogP contribution in [0, 0.1) is 5.92 Å². The van der Waals surface area contributed by atoms with Crippen LogP contribution in [0.2, 0.25) is 0 Å². The Hall–Kier alpha value is -1.85. The lowest BCUT2D eigenvalue weighted by Gasteiger charge is -2.01. The first-order valence-corrected chi connectivity index (χ1v) is 3.29. The van der Waals surface area contributed by atoms with Crippen LogP contribution in [0.1, 0.15) is 6.42 Å². The van der Waals surface area contributed by atoms with Gasteiger partial charge < -0.3 is 15.3 Å². The van der Waals surface area contributed by atoms with Gasteiger partial charge in [0.05, 0.1) is 12.3 Å². The zero-order chi connectivity index (χ0) is 10.4. The van der Waals surface area contributed by atoms with Crippen molar-refractivity contribution in [1.82, 2.24) is 0 Å². The zero-order valence-corrected chi connectivity index (χ0v) is 6.51. The average Bonchev–Trinajstić information content (AvgIpc) is 1.96. The highest BCUT2D eigenvalue weighted by Gasteiger charge is 2.17. The van der Waals surface area contributed by atoms with E-state index in [9.17, 15) is 14.4 Å². The Kier molecular flexibility index (Phi) is 4.21. The van der Waals surface area contributed by atoms with E-state index >= 15 is 0 Å². The fourth-order valence-corrected chi connectivity index (χ4v) is 0.624. The molecule has 0 amide bonds. The van der Waals surface area contributed by atoms with Crippen LogP contribution in [-0.4, -0.2) is 33.2 Å². The van der Waals surface area contributed by atoms with Crippen LogP contribution in [0.25, 0.3) is 0 Å². The molecule has 0 heterocycles. The molecule has 0 aliphatic heterocycles. The van der Waals surface area contributed by atoms with Crippen molar-refractivity contribution in [2.75, 3.05) is 0 Å². The second-order valence-corrected chi connectivity index (χ2v) is 2.24. The quantitative estimate of drug-likeness (QED) is 0.515. The summed E-state index contributed by atoms with van der Waals surface area (Å²) in [5.74, 6) is -5.26. The Balaban J connectivity index is 4.35. The van der Waals surface area contributed by atoms with Crippen LogP contribution < -0.4 is 0 Å². The molecule has 0 aliphatic rings. The molecule has 1 atom stereocenters. The fraction of sp³-hybridized carbons (Fsp3) is 0.286. The van der Waals surface area contributed by atoms with Gasteiger partial charge in [-0.2, -0.15) is 0 Å². The van der Waals surface area contributed by atoms with Crippen molar-refractivity contribution < 1.29 is 29.7 Å². The molecular formula is C7H8O6. The Morgan fingerprint density at radius 1 is 1.15 bits per heavy atom. The maximum absolute atomic E-state index is 10.3. The van der Waals surface area contributed by atoms with E-state index in [0.29, 0.717) is 6.08 Å². The largest absolute Gasteiger partial charge is 0.481 e. The molecule has 0 aromatic heterocycles. The minimum Gasteiger partial charge on any atom is -0.481 e. The molecule has 0 aromatic rings. The third-order valence-corrected chi connectivity index (χ3v) is 1.18. The summed E-state index contributed by atoms with van der Waals surface area (Å²) in [6, 6.07) is 0. The van der Waals surface area contributed by atoms with Crippen molar-refractivity contribution in [2.24, 2.45) is 5.92 Å². The van der Waals surface area contributed by atoms with E-state index in [-0.39, 0.29) is 0 Å². The first kappa shape index (κ1) is 11.2. The monoisotopic (exact) mass is 188 g/mol. The summed E-state index contributed by atoms with van der Waals surface area (Å²) in [5, 5.41) is 24.8. The zero-order valence-electron chi connectivity index (χ0n) is 6.51. The third-order valence-electron chi connectivity index (χ3n) is 1.18. The van der Waals surface area contributed by atoms with Crippen molar-refractivity contribution in [3.05, 3.63) is 12.2 Å². The number of carboxylic acid groups (broad SMARTS) is 3. The van der Waals surface area contributed by atoms with Gasteiger partial charge >= 0.3 is 17.9 Å². The van der Waals surface area contributed by atoms with Crippen LogP contribution in [0.3, 0.4) is 0 Å². The molecule has 0 saturated carbocycles. The van der Waals surface area contributed by atoms with Crippen LogP contribution in [0.15, 0.2) is 12.2 Å². The van der Waals surface area contributed by atoms with Gasteiger partial charge in [0, 0.05) is 6.08 Å². The number of hydrogen-bond acceptors (Lipinski definition) is 3. The molecule has 13 heavy (non-hydrogen) atoms. The second kappa shape index (κ2) is 4.91. The highest BCUT2D eigenvalue weighted by molar-refractivity contribution is 5.83. The number of carboxylic acids is 3. The second-order valence-electron chi connectivity index (χ2n) is 2.24. The van der Waals surface area contributed by atoms with Gasteiger partial charge in [-0.15, -0.1) is 0 Å². The molecule has 0 fully saturated rings. The fourth-order valence-electron chi connectivity index (χ4n) is 0.624. The molecule has 1 unspecified atom stereocenters. The lowest BCUT2D eigenvalue weighted by Crippen LogP contribution is -2.15. The van der Waals surface area contributed by atoms with Gasteiger partial charge in [-0.3, -0.25) is 9.59 Å². The first-order valence-electron chi connectivity index (χ1n) is 3.29. The normalized spacial score (nSPS) is 12.6. The van der Waals surface area contributed by atoms with E-state index in [1.807, 2.05) is 0 Å². The van der Waals surface area contributed by atoms with Crippen molar-refractivity contribution in [3.63, 3.8) is 0 Å². The summed E-state index contributed by atoms with van der Waals surface area (Å²) in [4.78, 5) is 30.4. The van der Waals surface area contributed by atoms with Gasteiger partial charge in [0.2, 0.25) is 0 Å². The van der Waals surface area contributed by atoms with Crippen molar-refractivity contribution >= 4 is 17.9 Å². The number of rotatable bonds is 5. The Bertz CT molecular complexity index is 254. The minimum absolute atomic E-state index is 0.613. The van der Waals surface area contributed by atoms with Crippen molar-refractivity contribution in [1.29, 1.82) is 0 Å². The molecule has 0 bridgehead atoms. The molecule has 0 radical (unpaired) electrons. The van der Waals surface area contributed by atoms with Gasteiger partial charge in [0.1, 0.15) is 0 Å². The maximum Gasteiger partial charge on any atom is 0.328 e. The van der Waals surface area contributed by atoms with Crippen LogP contribution in [0.4, 0.5) is 0 Å². The van der Waals surface area contributed by atoms with E-state index < -0.39 is 30.2 Å². The van der Waals surface area contributed by atoms with Gasteiger partial charge in [0.25, 0.3) is 0 Å². The molecule has 0 aliphatic carbocycles. The van der Waals surface area contributed by atoms with Crippen LogP contribution >= 0.6 is 0 Å². The summed E-state index contributed by atoms with van der Waals surface area (Å²) in [6.07, 6.45) is 0.819. The van der Waals surface area contributed by atoms with Gasteiger partial charge in [-0.1, -0.05) is 6.08 Å². The average molecular weight is 188 g/mol. The van der Waals surface area contributed by atoms with Crippen LogP contribution in [-0.2, 0) is 14.4 Å². The van der Waals surface area contributed by atoms with Gasteiger partial charge in [0.15, 0.2) is 0 Å². The number of hydrogen-bond donors (Lipinski definition) is 3. The van der Waals surface area contributed by atoms with E-state index in [4.69, 9.17) is 15.3 Å². The summed E-state index contributed by atoms with van der Waals surface area (Å²) in [6.45, 7) is 0. The third kappa shape index (κ3) is 5.42. The molecule has 0 rings (SSSR count). The maximum atomic E-state index is 10.3. The van der Waals surface area contributed by atoms with Crippen molar-refractivity contribution in [3.8, 4) is 0 Å². The molecule has 3 N–H and O–H groups in total. The predicted molar refractivity (Wildman–Crippen MR) is 40.2 cm³/mol. The smallest absolute Gasteiger partial charge is 0.328 e. The molecule has 6 heteroatoms. The summed E-state index contributed by atoms with van der Waals surface area (Å²) in [7, 11) is 0. The minimum atomic E-state index is -1.36. The topological polar surface area (TPSA) is 112 Å². The van der Waals surface area contributed by atoms with E-state index in [1.165, 1.54) is 0 Å². The highest BCUT2D eigenvalue weighted by Crippen LogP contribution is 2.05. The predicted octanol–water partition coefficient (Wildman–Crippen LogP) is -0.197. The Morgan fingerprint density at radius 3 is 2.00 bits per heavy atom. The Labute approximate surface area is 73.1 Å². The number of aliphatic carboxylic acids is 3. The molecule has 72 valence electrons. The first-order chi connectivity index (χ1) is 5.93. The van der Waals surface area contributed by atoms with Gasteiger partial charge in [-0.05, 0) is 0 Å².